The van der Waals surface area contributed by atoms with E-state index in [0.29, 0.717) is 26.1 Å². The SMILES string of the molecule is O=C1NC(=S)N(c2ccccc2)C(=O)/C1=C/c1ccc(Sc2nc3ccc(N4C(=O)[C@H]5CCCC[C@@H]5C4=O)cc3s2)c([N+](=O)[O-])c1. The van der Waals surface area contributed by atoms with E-state index in [1.807, 2.05) is 0 Å². The minimum atomic E-state index is -0.701. The first-order valence-electron chi connectivity index (χ1n) is 14.4. The molecule has 2 saturated heterocycles. The number of benzene rings is 3. The number of aromatic nitrogens is 1. The Morgan fingerprint density at radius 3 is 2.35 bits per heavy atom. The van der Waals surface area contributed by atoms with Crippen LogP contribution in [0.2, 0.25) is 0 Å². The molecule has 2 aliphatic heterocycles. The molecule has 46 heavy (non-hydrogen) atoms. The number of hydrogen-bond acceptors (Lipinski definition) is 10. The lowest BCUT2D eigenvalue weighted by Crippen LogP contribution is -2.54. The van der Waals surface area contributed by atoms with E-state index in [1.54, 1.807) is 60.7 Å². The predicted octanol–water partition coefficient (Wildman–Crippen LogP) is 5.87. The van der Waals surface area contributed by atoms with Gasteiger partial charge in [0.05, 0.1) is 43.2 Å². The van der Waals surface area contributed by atoms with Gasteiger partial charge in [0, 0.05) is 6.07 Å². The molecule has 1 aliphatic carbocycles. The van der Waals surface area contributed by atoms with Gasteiger partial charge < -0.3 is 0 Å². The van der Waals surface area contributed by atoms with Crippen LogP contribution in [-0.2, 0) is 19.2 Å². The first kappa shape index (κ1) is 29.9. The molecule has 0 spiro atoms. The average molecular weight is 670 g/mol. The standard InChI is InChI=1S/C32H23N5O6S3/c38-27-22(30(41)36(31(44)34-27)18-6-2-1-3-7-18)14-17-10-13-25(24(15-17)37(42)43)45-32-33-23-12-11-19(16-26(23)46-32)35-28(39)20-8-4-5-9-21(20)29(35)40/h1-3,6-7,10-16,20-21H,4-5,8-9H2,(H,34,38,44)/b22-14+/t20-,21-/m0/s1. The van der Waals surface area contributed by atoms with Crippen molar-refractivity contribution in [2.45, 2.75) is 34.9 Å². The molecule has 4 aromatic rings. The number of nitrogens with zero attached hydrogens (tertiary/aromatic N) is 4. The van der Waals surface area contributed by atoms with Crippen molar-refractivity contribution in [2.75, 3.05) is 9.80 Å². The summed E-state index contributed by atoms with van der Waals surface area (Å²) in [5, 5.41) is 14.6. The molecule has 7 rings (SSSR count). The Hall–Kier alpha value is -4.79. The summed E-state index contributed by atoms with van der Waals surface area (Å²) in [6, 6.07) is 18.2. The van der Waals surface area contributed by atoms with Crippen molar-refractivity contribution in [1.82, 2.24) is 10.3 Å². The summed E-state index contributed by atoms with van der Waals surface area (Å²) in [5.74, 6) is -2.16. The molecule has 3 aromatic carbocycles. The number of hydrogen-bond donors (Lipinski definition) is 1. The van der Waals surface area contributed by atoms with Crippen LogP contribution in [0.15, 0.2) is 81.5 Å². The largest absolute Gasteiger partial charge is 0.298 e. The number of nitro benzene ring substituents is 1. The van der Waals surface area contributed by atoms with Gasteiger partial charge in [-0.3, -0.25) is 44.4 Å². The summed E-state index contributed by atoms with van der Waals surface area (Å²) in [4.78, 5) is 71.2. The van der Waals surface area contributed by atoms with Crippen LogP contribution in [0.4, 0.5) is 17.1 Å². The molecule has 4 amide bonds. The lowest BCUT2D eigenvalue weighted by Gasteiger charge is -2.28. The molecule has 11 nitrogen and oxygen atoms in total. The van der Waals surface area contributed by atoms with Gasteiger partial charge in [-0.1, -0.05) is 48.9 Å². The molecule has 3 fully saturated rings. The summed E-state index contributed by atoms with van der Waals surface area (Å²) in [6.45, 7) is 0. The van der Waals surface area contributed by atoms with Gasteiger partial charge in [0.1, 0.15) is 5.57 Å². The highest BCUT2D eigenvalue weighted by Gasteiger charge is 2.48. The van der Waals surface area contributed by atoms with E-state index < -0.39 is 16.7 Å². The fourth-order valence-electron chi connectivity index (χ4n) is 6.07. The number of thiazole rings is 1. The molecule has 3 aliphatic rings. The lowest BCUT2D eigenvalue weighted by atomic mass is 9.81. The maximum Gasteiger partial charge on any atom is 0.283 e. The van der Waals surface area contributed by atoms with Crippen LogP contribution in [0.5, 0.6) is 0 Å². The van der Waals surface area contributed by atoms with Crippen molar-refractivity contribution in [2.24, 2.45) is 11.8 Å². The minimum Gasteiger partial charge on any atom is -0.298 e. The highest BCUT2D eigenvalue weighted by atomic mass is 32.2. The third kappa shape index (κ3) is 5.27. The molecular weight excluding hydrogens is 647 g/mol. The van der Waals surface area contributed by atoms with Crippen molar-refractivity contribution in [3.63, 3.8) is 0 Å². The minimum absolute atomic E-state index is 0.0596. The molecule has 1 N–H and O–H groups in total. The van der Waals surface area contributed by atoms with Gasteiger partial charge in [0.2, 0.25) is 11.8 Å². The number of nitrogens with one attached hydrogen (secondary N) is 1. The number of carbonyl (C=O) groups excluding carboxylic acids is 4. The Labute approximate surface area is 275 Å². The van der Waals surface area contributed by atoms with Crippen molar-refractivity contribution in [1.29, 1.82) is 0 Å². The number of nitro groups is 1. The summed E-state index contributed by atoms with van der Waals surface area (Å²) in [6.07, 6.45) is 4.65. The number of para-hydroxylation sites is 1. The zero-order chi connectivity index (χ0) is 32.1. The topological polar surface area (TPSA) is 143 Å². The second kappa shape index (κ2) is 11.9. The Bertz CT molecular complexity index is 2000. The van der Waals surface area contributed by atoms with Crippen LogP contribution < -0.4 is 15.1 Å². The van der Waals surface area contributed by atoms with Crippen LogP contribution in [0.25, 0.3) is 16.3 Å². The molecule has 230 valence electrons. The van der Waals surface area contributed by atoms with Crippen LogP contribution >= 0.6 is 35.3 Å². The summed E-state index contributed by atoms with van der Waals surface area (Å²) in [7, 11) is 0. The number of fused-ring (bicyclic) bond motifs is 2. The van der Waals surface area contributed by atoms with E-state index in [0.717, 1.165) is 42.1 Å². The van der Waals surface area contributed by atoms with Crippen LogP contribution in [0, 0.1) is 22.0 Å². The van der Waals surface area contributed by atoms with E-state index in [2.05, 4.69) is 10.3 Å². The fourth-order valence-corrected chi connectivity index (χ4v) is 8.50. The van der Waals surface area contributed by atoms with E-state index in [-0.39, 0.29) is 45.6 Å². The maximum atomic E-state index is 13.3. The molecule has 1 aromatic heterocycles. The number of anilines is 2. The van der Waals surface area contributed by atoms with E-state index in [4.69, 9.17) is 12.2 Å². The molecule has 14 heteroatoms. The normalized spacial score (nSPS) is 20.9. The van der Waals surface area contributed by atoms with Gasteiger partial charge in [-0.2, -0.15) is 0 Å². The molecule has 1 saturated carbocycles. The molecule has 3 heterocycles. The molecule has 2 atom stereocenters. The highest BCUT2D eigenvalue weighted by Crippen LogP contribution is 2.43. The Balaban J connectivity index is 1.15. The summed E-state index contributed by atoms with van der Waals surface area (Å²) < 4.78 is 1.27. The molecular formula is C32H23N5O6S3. The predicted molar refractivity (Wildman–Crippen MR) is 177 cm³/mol. The van der Waals surface area contributed by atoms with Crippen molar-refractivity contribution >= 4 is 97.4 Å². The fraction of sp³-hybridized carbons (Fsp3) is 0.188. The maximum absolute atomic E-state index is 13.3. The zero-order valence-electron chi connectivity index (χ0n) is 23.9. The van der Waals surface area contributed by atoms with Gasteiger partial charge in [0.25, 0.3) is 17.5 Å². The Morgan fingerprint density at radius 1 is 0.935 bits per heavy atom. The molecule has 0 bridgehead atoms. The van der Waals surface area contributed by atoms with Gasteiger partial charge >= 0.3 is 0 Å². The van der Waals surface area contributed by atoms with E-state index in [1.165, 1.54) is 33.3 Å². The van der Waals surface area contributed by atoms with Crippen LogP contribution in [-0.4, -0.2) is 38.6 Å². The number of imide groups is 1. The smallest absolute Gasteiger partial charge is 0.283 e. The van der Waals surface area contributed by atoms with Gasteiger partial charge in [-0.15, -0.1) is 11.3 Å². The quantitative estimate of drug-likeness (QED) is 0.0666. The number of thiocarbonyl (C=S) groups is 1. The van der Waals surface area contributed by atoms with E-state index >= 15 is 0 Å². The number of carbonyl (C=O) groups is 4. The summed E-state index contributed by atoms with van der Waals surface area (Å²) >= 11 is 7.62. The highest BCUT2D eigenvalue weighted by molar-refractivity contribution is 8.01. The monoisotopic (exact) mass is 669 g/mol. The van der Waals surface area contributed by atoms with Gasteiger partial charge in [-0.25, -0.2) is 4.98 Å². The second-order valence-corrected chi connectivity index (χ2v) is 13.7. The third-order valence-electron chi connectivity index (χ3n) is 8.26. The van der Waals surface area contributed by atoms with Crippen molar-refractivity contribution in [3.8, 4) is 0 Å². The first-order chi connectivity index (χ1) is 22.2. The Kier molecular flexibility index (Phi) is 7.71. The van der Waals surface area contributed by atoms with Crippen molar-refractivity contribution < 1.29 is 24.1 Å². The van der Waals surface area contributed by atoms with Gasteiger partial charge in [0.15, 0.2) is 9.45 Å². The van der Waals surface area contributed by atoms with Crippen LogP contribution in [0.3, 0.4) is 0 Å². The molecule has 0 radical (unpaired) electrons. The third-order valence-corrected chi connectivity index (χ3v) is 10.7. The first-order valence-corrected chi connectivity index (χ1v) is 16.4. The van der Waals surface area contributed by atoms with Crippen molar-refractivity contribution in [3.05, 3.63) is 88.0 Å². The summed E-state index contributed by atoms with van der Waals surface area (Å²) in [5.41, 5.74) is 1.45. The Morgan fingerprint density at radius 2 is 1.65 bits per heavy atom. The second-order valence-electron chi connectivity index (χ2n) is 11.0. The molecule has 0 unspecified atom stereocenters. The number of amides is 4. The lowest BCUT2D eigenvalue weighted by molar-refractivity contribution is -0.387. The average Bonchev–Trinajstić information content (AvgIpc) is 3.56. The number of rotatable bonds is 6. The van der Waals surface area contributed by atoms with E-state index in [9.17, 15) is 29.3 Å². The zero-order valence-corrected chi connectivity index (χ0v) is 26.3. The van der Waals surface area contributed by atoms with Crippen LogP contribution in [0.1, 0.15) is 31.2 Å². The van der Waals surface area contributed by atoms with Gasteiger partial charge in [-0.05, 0) is 73.1 Å².